The molecular formula is C24H39N3O4. The van der Waals surface area contributed by atoms with Crippen LogP contribution >= 0.6 is 0 Å². The van der Waals surface area contributed by atoms with Gasteiger partial charge in [-0.25, -0.2) is 4.79 Å². The van der Waals surface area contributed by atoms with E-state index >= 15 is 0 Å². The molecule has 0 aliphatic rings. The van der Waals surface area contributed by atoms with E-state index in [1.165, 1.54) is 4.90 Å². The molecule has 31 heavy (non-hydrogen) atoms. The van der Waals surface area contributed by atoms with Crippen LogP contribution in [0.15, 0.2) is 18.2 Å². The van der Waals surface area contributed by atoms with E-state index in [0.29, 0.717) is 0 Å². The molecule has 1 aromatic carbocycles. The number of benzene rings is 1. The fourth-order valence-electron chi connectivity index (χ4n) is 3.39. The fraction of sp³-hybridized carbons (Fsp3) is 0.625. The summed E-state index contributed by atoms with van der Waals surface area (Å²) < 4.78 is 5.25. The Balaban J connectivity index is 3.16. The Hall–Kier alpha value is -2.57. The molecule has 0 spiro atoms. The second-order valence-electron chi connectivity index (χ2n) is 9.28. The number of carbonyl (C=O) groups is 3. The molecule has 0 saturated heterocycles. The SMILES string of the molecule is CCCC(C)NC(=O)C(c1cc(C)ccc1C)N(C)C(=O)C(C)NC(=O)OC(C)(C)C. The van der Waals surface area contributed by atoms with Crippen LogP contribution in [-0.4, -0.2) is 47.5 Å². The molecule has 1 aromatic rings. The minimum Gasteiger partial charge on any atom is -0.444 e. The highest BCUT2D eigenvalue weighted by Gasteiger charge is 2.33. The highest BCUT2D eigenvalue weighted by Crippen LogP contribution is 2.25. The molecule has 0 aromatic heterocycles. The third kappa shape index (κ3) is 8.23. The van der Waals surface area contributed by atoms with E-state index in [9.17, 15) is 14.4 Å². The quantitative estimate of drug-likeness (QED) is 0.648. The third-order valence-corrected chi connectivity index (χ3v) is 4.93. The maximum absolute atomic E-state index is 13.3. The maximum atomic E-state index is 13.3. The lowest BCUT2D eigenvalue weighted by Crippen LogP contribution is -2.51. The van der Waals surface area contributed by atoms with Gasteiger partial charge in [0, 0.05) is 13.1 Å². The minimum absolute atomic E-state index is 0.00840. The summed E-state index contributed by atoms with van der Waals surface area (Å²) in [5.74, 6) is -0.620. The molecule has 7 heteroatoms. The summed E-state index contributed by atoms with van der Waals surface area (Å²) >= 11 is 0. The monoisotopic (exact) mass is 433 g/mol. The normalized spacial score (nSPS) is 14.2. The van der Waals surface area contributed by atoms with Crippen molar-refractivity contribution in [2.75, 3.05) is 7.05 Å². The topological polar surface area (TPSA) is 87.7 Å². The molecule has 0 bridgehead atoms. The molecule has 3 amide bonds. The van der Waals surface area contributed by atoms with Crippen LogP contribution in [0.2, 0.25) is 0 Å². The number of hydrogen-bond acceptors (Lipinski definition) is 4. The summed E-state index contributed by atoms with van der Waals surface area (Å²) in [5.41, 5.74) is 2.01. The van der Waals surface area contributed by atoms with Crippen molar-refractivity contribution in [2.45, 2.75) is 92.0 Å². The van der Waals surface area contributed by atoms with E-state index in [2.05, 4.69) is 17.6 Å². The molecule has 7 nitrogen and oxygen atoms in total. The van der Waals surface area contributed by atoms with Gasteiger partial charge in [-0.15, -0.1) is 0 Å². The number of ether oxygens (including phenoxy) is 1. The van der Waals surface area contributed by atoms with Gasteiger partial charge in [-0.1, -0.05) is 37.1 Å². The first-order valence-corrected chi connectivity index (χ1v) is 10.9. The number of aryl methyl sites for hydroxylation is 2. The zero-order valence-corrected chi connectivity index (χ0v) is 20.5. The molecule has 0 aliphatic heterocycles. The van der Waals surface area contributed by atoms with Gasteiger partial charge in [0.05, 0.1) is 0 Å². The summed E-state index contributed by atoms with van der Waals surface area (Å²) in [6, 6.07) is 4.18. The molecule has 3 unspecified atom stereocenters. The minimum atomic E-state index is -0.853. The lowest BCUT2D eigenvalue weighted by Gasteiger charge is -2.32. The Bertz CT molecular complexity index is 786. The van der Waals surface area contributed by atoms with E-state index in [0.717, 1.165) is 29.5 Å². The largest absolute Gasteiger partial charge is 0.444 e. The number of nitrogens with zero attached hydrogens (tertiary/aromatic N) is 1. The van der Waals surface area contributed by atoms with Crippen LogP contribution in [0.1, 0.15) is 77.1 Å². The fourth-order valence-corrected chi connectivity index (χ4v) is 3.39. The molecule has 174 valence electrons. The van der Waals surface area contributed by atoms with Crippen LogP contribution in [0.5, 0.6) is 0 Å². The molecule has 0 aliphatic carbocycles. The number of carbonyl (C=O) groups excluding carboxylic acids is 3. The molecule has 1 rings (SSSR count). The van der Waals surface area contributed by atoms with Crippen molar-refractivity contribution in [2.24, 2.45) is 0 Å². The average Bonchev–Trinajstić information content (AvgIpc) is 2.62. The van der Waals surface area contributed by atoms with Gasteiger partial charge in [0.2, 0.25) is 11.8 Å². The number of alkyl carbamates (subject to hydrolysis) is 1. The number of likely N-dealkylation sites (N-methyl/N-ethyl adjacent to an activating group) is 1. The second-order valence-corrected chi connectivity index (χ2v) is 9.28. The zero-order chi connectivity index (χ0) is 23.9. The van der Waals surface area contributed by atoms with Crippen LogP contribution in [0.4, 0.5) is 4.79 Å². The maximum Gasteiger partial charge on any atom is 0.408 e. The van der Waals surface area contributed by atoms with Crippen LogP contribution in [0.25, 0.3) is 0 Å². The standard InChI is InChI=1S/C24H39N3O4/c1-10-11-17(4)25-21(28)20(19-14-15(2)12-13-16(19)3)27(9)22(29)18(5)26-23(30)31-24(6,7)8/h12-14,17-18,20H,10-11H2,1-9H3,(H,25,28)(H,26,30). The molecule has 0 radical (unpaired) electrons. The van der Waals surface area contributed by atoms with Crippen LogP contribution in [0.3, 0.4) is 0 Å². The van der Waals surface area contributed by atoms with Gasteiger partial charge in [-0.3, -0.25) is 9.59 Å². The third-order valence-electron chi connectivity index (χ3n) is 4.93. The first kappa shape index (κ1) is 26.5. The van der Waals surface area contributed by atoms with Crippen molar-refractivity contribution in [3.8, 4) is 0 Å². The Kier molecular flexibility index (Phi) is 9.53. The lowest BCUT2D eigenvalue weighted by atomic mass is 9.96. The summed E-state index contributed by atoms with van der Waals surface area (Å²) in [4.78, 5) is 39.9. The van der Waals surface area contributed by atoms with E-state index in [1.807, 2.05) is 39.0 Å². The van der Waals surface area contributed by atoms with E-state index in [4.69, 9.17) is 4.74 Å². The molecule has 0 saturated carbocycles. The van der Waals surface area contributed by atoms with Crippen LogP contribution in [-0.2, 0) is 14.3 Å². The molecule has 0 heterocycles. The van der Waals surface area contributed by atoms with Crippen LogP contribution < -0.4 is 10.6 Å². The zero-order valence-electron chi connectivity index (χ0n) is 20.5. The van der Waals surface area contributed by atoms with Gasteiger partial charge < -0.3 is 20.3 Å². The Morgan fingerprint density at radius 2 is 1.71 bits per heavy atom. The van der Waals surface area contributed by atoms with Crippen LogP contribution in [0, 0.1) is 13.8 Å². The summed E-state index contributed by atoms with van der Waals surface area (Å²) in [5, 5.41) is 5.59. The number of rotatable bonds is 8. The second kappa shape index (κ2) is 11.2. The van der Waals surface area contributed by atoms with Crippen molar-refractivity contribution in [1.82, 2.24) is 15.5 Å². The highest BCUT2D eigenvalue weighted by atomic mass is 16.6. The van der Waals surface area contributed by atoms with E-state index in [1.54, 1.807) is 34.7 Å². The van der Waals surface area contributed by atoms with E-state index < -0.39 is 23.8 Å². The van der Waals surface area contributed by atoms with Gasteiger partial charge in [-0.2, -0.15) is 0 Å². The highest BCUT2D eigenvalue weighted by molar-refractivity contribution is 5.92. The molecular weight excluding hydrogens is 394 g/mol. The number of nitrogens with one attached hydrogen (secondary N) is 2. The smallest absolute Gasteiger partial charge is 0.408 e. The first-order valence-electron chi connectivity index (χ1n) is 10.9. The van der Waals surface area contributed by atoms with Gasteiger partial charge >= 0.3 is 6.09 Å². The molecule has 3 atom stereocenters. The van der Waals surface area contributed by atoms with Crippen molar-refractivity contribution in [1.29, 1.82) is 0 Å². The van der Waals surface area contributed by atoms with Crippen molar-refractivity contribution in [3.05, 3.63) is 34.9 Å². The van der Waals surface area contributed by atoms with Crippen molar-refractivity contribution in [3.63, 3.8) is 0 Å². The predicted octanol–water partition coefficient (Wildman–Crippen LogP) is 4.02. The lowest BCUT2D eigenvalue weighted by molar-refractivity contribution is -0.140. The first-order chi connectivity index (χ1) is 14.3. The summed E-state index contributed by atoms with van der Waals surface area (Å²) in [6.07, 6.45) is 1.12. The molecule has 2 N–H and O–H groups in total. The summed E-state index contributed by atoms with van der Waals surface area (Å²) in [6.45, 7) is 14.7. The Morgan fingerprint density at radius 1 is 1.10 bits per heavy atom. The molecule has 0 fully saturated rings. The van der Waals surface area contributed by atoms with Gasteiger partial charge in [0.1, 0.15) is 17.7 Å². The van der Waals surface area contributed by atoms with Gasteiger partial charge in [0.25, 0.3) is 0 Å². The Labute approximate surface area is 186 Å². The van der Waals surface area contributed by atoms with Crippen molar-refractivity contribution >= 4 is 17.9 Å². The van der Waals surface area contributed by atoms with Crippen molar-refractivity contribution < 1.29 is 19.1 Å². The predicted molar refractivity (Wildman–Crippen MR) is 123 cm³/mol. The van der Waals surface area contributed by atoms with Gasteiger partial charge in [0.15, 0.2) is 0 Å². The average molecular weight is 434 g/mol. The van der Waals surface area contributed by atoms with Gasteiger partial charge in [-0.05, 0) is 66.0 Å². The Morgan fingerprint density at radius 3 is 2.26 bits per heavy atom. The summed E-state index contributed by atoms with van der Waals surface area (Å²) in [7, 11) is 1.59. The number of hydrogen-bond donors (Lipinski definition) is 2. The van der Waals surface area contributed by atoms with E-state index in [-0.39, 0.29) is 17.9 Å². The number of amides is 3.